The highest BCUT2D eigenvalue weighted by molar-refractivity contribution is 5.94. The molecule has 1 N–H and O–H groups in total. The molecule has 0 saturated heterocycles. The van der Waals surface area contributed by atoms with Crippen LogP contribution in [0.25, 0.3) is 0 Å². The molecule has 3 rings (SSSR count). The molecule has 0 bridgehead atoms. The average molecular weight is 452 g/mol. The largest absolute Gasteiger partial charge is 0.477 e. The van der Waals surface area contributed by atoms with E-state index in [1.807, 2.05) is 26.8 Å². The van der Waals surface area contributed by atoms with Crippen LogP contribution in [0.4, 0.5) is 14.6 Å². The molecule has 0 aliphatic carbocycles. The number of rotatable bonds is 8. The maximum atomic E-state index is 13.8. The van der Waals surface area contributed by atoms with Crippen LogP contribution in [0.1, 0.15) is 37.5 Å². The fourth-order valence-electron chi connectivity index (χ4n) is 3.22. The average Bonchev–Trinajstić information content (AvgIpc) is 2.78. The van der Waals surface area contributed by atoms with Crippen LogP contribution in [0.5, 0.6) is 0 Å². The molecule has 0 aliphatic rings. The minimum Gasteiger partial charge on any atom is -0.477 e. The Hall–Kier alpha value is -3.74. The monoisotopic (exact) mass is 451 g/mol. The summed E-state index contributed by atoms with van der Waals surface area (Å²) in [5.74, 6) is 0.0562. The third-order valence-corrected chi connectivity index (χ3v) is 4.94. The molecule has 3 aromatic rings. The van der Waals surface area contributed by atoms with Crippen molar-refractivity contribution < 1.29 is 13.5 Å². The van der Waals surface area contributed by atoms with Crippen molar-refractivity contribution in [2.24, 2.45) is 4.99 Å². The summed E-state index contributed by atoms with van der Waals surface area (Å²) in [4.78, 5) is 17.4. The van der Waals surface area contributed by atoms with Crippen molar-refractivity contribution in [3.8, 4) is 0 Å². The van der Waals surface area contributed by atoms with Gasteiger partial charge < -0.3 is 14.6 Å². The number of nitrogens with zero attached hydrogens (tertiary/aromatic N) is 2. The Morgan fingerprint density at radius 2 is 1.76 bits per heavy atom. The zero-order valence-corrected chi connectivity index (χ0v) is 18.9. The van der Waals surface area contributed by atoms with E-state index in [2.05, 4.69) is 10.3 Å². The highest BCUT2D eigenvalue weighted by Crippen LogP contribution is 2.15. The van der Waals surface area contributed by atoms with Gasteiger partial charge in [0, 0.05) is 31.0 Å². The zero-order valence-electron chi connectivity index (χ0n) is 18.9. The van der Waals surface area contributed by atoms with Gasteiger partial charge in [0.1, 0.15) is 23.0 Å². The Kier molecular flexibility index (Phi) is 8.13. The SMILES string of the molecule is C/C=C(/C)N=C(OCC)c1cn(Cc2cccc(F)c2)c(NCc2cccc(F)c2)cc1=O. The maximum absolute atomic E-state index is 13.8. The highest BCUT2D eigenvalue weighted by Gasteiger charge is 2.14. The topological polar surface area (TPSA) is 55.6 Å². The van der Waals surface area contributed by atoms with Crippen molar-refractivity contribution in [2.45, 2.75) is 33.9 Å². The minimum atomic E-state index is -0.344. The van der Waals surface area contributed by atoms with E-state index in [0.717, 1.165) is 11.1 Å². The molecule has 7 heteroatoms. The van der Waals surface area contributed by atoms with Gasteiger partial charge in [0.05, 0.1) is 6.61 Å². The van der Waals surface area contributed by atoms with Gasteiger partial charge in [-0.2, -0.15) is 0 Å². The standard InChI is InChI=1S/C26H27F2N3O2/c1-4-18(3)30-26(33-5-2)23-17-31(16-20-9-7-11-22(28)13-20)25(14-24(23)32)29-15-19-8-6-10-21(27)12-19/h4,6-14,17,29H,5,15-16H2,1-3H3/b18-4-,30-26?. The lowest BCUT2D eigenvalue weighted by Crippen LogP contribution is -2.23. The van der Waals surface area contributed by atoms with Crippen LogP contribution in [-0.2, 0) is 17.8 Å². The fraction of sp³-hybridized carbons (Fsp3) is 0.231. The quantitative estimate of drug-likeness (QED) is 0.364. The zero-order chi connectivity index (χ0) is 23.8. The molecule has 1 heterocycles. The van der Waals surface area contributed by atoms with Gasteiger partial charge in [-0.1, -0.05) is 30.3 Å². The summed E-state index contributed by atoms with van der Waals surface area (Å²) < 4.78 is 34.8. The molecule has 0 spiro atoms. The Bertz CT molecular complexity index is 1230. The van der Waals surface area contributed by atoms with Gasteiger partial charge in [-0.3, -0.25) is 4.79 Å². The first-order valence-electron chi connectivity index (χ1n) is 10.7. The number of aliphatic imine (C=N–C) groups is 1. The van der Waals surface area contributed by atoms with Gasteiger partial charge in [-0.25, -0.2) is 13.8 Å². The van der Waals surface area contributed by atoms with Crippen LogP contribution in [0, 0.1) is 11.6 Å². The van der Waals surface area contributed by atoms with E-state index in [0.29, 0.717) is 36.8 Å². The molecule has 172 valence electrons. The smallest absolute Gasteiger partial charge is 0.226 e. The molecule has 1 aromatic heterocycles. The number of pyridine rings is 1. The molecule has 5 nitrogen and oxygen atoms in total. The first-order valence-corrected chi connectivity index (χ1v) is 10.7. The molecule has 2 aromatic carbocycles. The highest BCUT2D eigenvalue weighted by atomic mass is 19.1. The molecule has 0 radical (unpaired) electrons. The molecule has 0 atom stereocenters. The van der Waals surface area contributed by atoms with Gasteiger partial charge in [-0.15, -0.1) is 0 Å². The Labute approximate surface area is 192 Å². The van der Waals surface area contributed by atoms with E-state index < -0.39 is 0 Å². The van der Waals surface area contributed by atoms with Crippen molar-refractivity contribution in [2.75, 3.05) is 11.9 Å². The Morgan fingerprint density at radius 1 is 1.09 bits per heavy atom. The third kappa shape index (κ3) is 6.62. The van der Waals surface area contributed by atoms with E-state index >= 15 is 0 Å². The van der Waals surface area contributed by atoms with Crippen LogP contribution in [0.3, 0.4) is 0 Å². The predicted octanol–water partition coefficient (Wildman–Crippen LogP) is 5.49. The van der Waals surface area contributed by atoms with Crippen LogP contribution < -0.4 is 10.7 Å². The first-order chi connectivity index (χ1) is 15.9. The third-order valence-electron chi connectivity index (χ3n) is 4.94. The molecular weight excluding hydrogens is 424 g/mol. The fourth-order valence-corrected chi connectivity index (χ4v) is 3.22. The summed E-state index contributed by atoms with van der Waals surface area (Å²) in [5.41, 5.74) is 2.18. The van der Waals surface area contributed by atoms with E-state index in [4.69, 9.17) is 4.74 Å². The van der Waals surface area contributed by atoms with Crippen LogP contribution in [0.2, 0.25) is 0 Å². The summed E-state index contributed by atoms with van der Waals surface area (Å²) in [6.45, 7) is 6.45. The molecule has 0 fully saturated rings. The summed E-state index contributed by atoms with van der Waals surface area (Å²) in [7, 11) is 0. The lowest BCUT2D eigenvalue weighted by atomic mass is 10.2. The molecule has 0 saturated carbocycles. The number of benzene rings is 2. The summed E-state index contributed by atoms with van der Waals surface area (Å²) in [6.07, 6.45) is 3.47. The lowest BCUT2D eigenvalue weighted by Gasteiger charge is -2.18. The number of anilines is 1. The predicted molar refractivity (Wildman–Crippen MR) is 128 cm³/mol. The second-order valence-electron chi connectivity index (χ2n) is 7.46. The van der Waals surface area contributed by atoms with Crippen molar-refractivity contribution in [1.29, 1.82) is 0 Å². The van der Waals surface area contributed by atoms with E-state index in [-0.39, 0.29) is 23.0 Å². The van der Waals surface area contributed by atoms with Crippen LogP contribution in [-0.4, -0.2) is 17.1 Å². The number of allylic oxidation sites excluding steroid dienone is 2. The number of hydrogen-bond acceptors (Lipinski definition) is 4. The van der Waals surface area contributed by atoms with Gasteiger partial charge in [0.2, 0.25) is 5.90 Å². The lowest BCUT2D eigenvalue weighted by molar-refractivity contribution is 0.327. The second kappa shape index (κ2) is 11.2. The van der Waals surface area contributed by atoms with Gasteiger partial charge in [0.25, 0.3) is 0 Å². The van der Waals surface area contributed by atoms with Crippen molar-refractivity contribution in [3.05, 3.63) is 111 Å². The number of hydrogen-bond donors (Lipinski definition) is 1. The second-order valence-corrected chi connectivity index (χ2v) is 7.46. The minimum absolute atomic E-state index is 0.225. The summed E-state index contributed by atoms with van der Waals surface area (Å²) in [6, 6.07) is 13.9. The molecular formula is C26H27F2N3O2. The van der Waals surface area contributed by atoms with E-state index in [9.17, 15) is 13.6 Å². The van der Waals surface area contributed by atoms with E-state index in [1.165, 1.54) is 30.3 Å². The summed E-state index contributed by atoms with van der Waals surface area (Å²) in [5, 5.41) is 3.19. The van der Waals surface area contributed by atoms with Crippen LogP contribution >= 0.6 is 0 Å². The Balaban J connectivity index is 2.04. The molecule has 0 unspecified atom stereocenters. The van der Waals surface area contributed by atoms with Crippen molar-refractivity contribution in [3.63, 3.8) is 0 Å². The number of halogens is 2. The summed E-state index contributed by atoms with van der Waals surface area (Å²) >= 11 is 0. The molecule has 0 amide bonds. The Morgan fingerprint density at radius 3 is 2.39 bits per heavy atom. The normalized spacial score (nSPS) is 12.0. The first kappa shape index (κ1) is 23.9. The molecule has 0 aliphatic heterocycles. The van der Waals surface area contributed by atoms with Gasteiger partial charge in [-0.05, 0) is 56.2 Å². The van der Waals surface area contributed by atoms with E-state index in [1.54, 1.807) is 35.0 Å². The van der Waals surface area contributed by atoms with Crippen molar-refractivity contribution >= 4 is 11.7 Å². The van der Waals surface area contributed by atoms with Gasteiger partial charge >= 0.3 is 0 Å². The van der Waals surface area contributed by atoms with Crippen molar-refractivity contribution in [1.82, 2.24) is 4.57 Å². The van der Waals surface area contributed by atoms with Gasteiger partial charge in [0.15, 0.2) is 5.43 Å². The molecule has 33 heavy (non-hydrogen) atoms. The number of nitrogens with one attached hydrogen (secondary N) is 1. The maximum Gasteiger partial charge on any atom is 0.226 e. The number of aromatic nitrogens is 1. The van der Waals surface area contributed by atoms with Crippen LogP contribution in [0.15, 0.2) is 82.4 Å². The number of ether oxygens (including phenoxy) is 1.